The molecular formula is C15H16BrNOS. The molecule has 2 heterocycles. The van der Waals surface area contributed by atoms with Gasteiger partial charge in [-0.1, -0.05) is 0 Å². The number of halogens is 1. The Hall–Kier alpha value is -0.870. The van der Waals surface area contributed by atoms with Crippen molar-refractivity contribution in [2.45, 2.75) is 39.7 Å². The fourth-order valence-corrected chi connectivity index (χ4v) is 3.87. The van der Waals surface area contributed by atoms with E-state index in [1.807, 2.05) is 0 Å². The lowest BCUT2D eigenvalue weighted by atomic mass is 10.0. The summed E-state index contributed by atoms with van der Waals surface area (Å²) in [6, 6.07) is 4.32. The predicted molar refractivity (Wildman–Crippen MR) is 83.1 cm³/mol. The third-order valence-corrected chi connectivity index (χ3v) is 5.10. The topological polar surface area (TPSA) is 22.1 Å². The van der Waals surface area contributed by atoms with Crippen molar-refractivity contribution in [3.8, 4) is 16.3 Å². The van der Waals surface area contributed by atoms with Crippen LogP contribution >= 0.6 is 27.3 Å². The van der Waals surface area contributed by atoms with Crippen molar-refractivity contribution >= 4 is 27.3 Å². The van der Waals surface area contributed by atoms with E-state index >= 15 is 0 Å². The Morgan fingerprint density at radius 1 is 1.32 bits per heavy atom. The van der Waals surface area contributed by atoms with Gasteiger partial charge >= 0.3 is 0 Å². The van der Waals surface area contributed by atoms with E-state index in [0.717, 1.165) is 27.3 Å². The molecule has 3 rings (SSSR count). The molecule has 2 nitrogen and oxygen atoms in total. The van der Waals surface area contributed by atoms with Gasteiger partial charge in [-0.15, -0.1) is 11.3 Å². The quantitative estimate of drug-likeness (QED) is 0.738. The average molecular weight is 338 g/mol. The molecule has 4 heteroatoms. The van der Waals surface area contributed by atoms with E-state index in [0.29, 0.717) is 0 Å². The zero-order chi connectivity index (χ0) is 13.8. The molecule has 0 spiro atoms. The van der Waals surface area contributed by atoms with E-state index in [-0.39, 0.29) is 5.60 Å². The maximum Gasteiger partial charge on any atom is 0.137 e. The summed E-state index contributed by atoms with van der Waals surface area (Å²) in [7, 11) is 0. The summed E-state index contributed by atoms with van der Waals surface area (Å²) in [4.78, 5) is 5.92. The lowest BCUT2D eigenvalue weighted by Gasteiger charge is -2.17. The summed E-state index contributed by atoms with van der Waals surface area (Å²) in [5.41, 5.74) is 3.44. The van der Waals surface area contributed by atoms with Crippen molar-refractivity contribution in [1.82, 2.24) is 4.98 Å². The van der Waals surface area contributed by atoms with Crippen LogP contribution in [0.25, 0.3) is 10.6 Å². The number of ether oxygens (including phenoxy) is 1. The molecule has 1 aliphatic heterocycles. The highest BCUT2D eigenvalue weighted by atomic mass is 79.9. The molecule has 0 fully saturated rings. The number of hydrogen-bond donors (Lipinski definition) is 0. The Balaban J connectivity index is 2.09. The van der Waals surface area contributed by atoms with E-state index in [2.05, 4.69) is 60.7 Å². The molecule has 0 atom stereocenters. The standard InChI is InChI=1S/C15H16BrNOS/c1-8-9(2)19-14(17-8)10-5-11-7-15(3,4)18-13(11)12(16)6-10/h5-6H,7H2,1-4H3. The van der Waals surface area contributed by atoms with E-state index in [1.54, 1.807) is 11.3 Å². The molecule has 100 valence electrons. The number of benzene rings is 1. The summed E-state index contributed by atoms with van der Waals surface area (Å²) < 4.78 is 7.01. The molecule has 1 aliphatic rings. The van der Waals surface area contributed by atoms with Crippen molar-refractivity contribution in [3.05, 3.63) is 32.7 Å². The Bertz CT molecular complexity index is 641. The van der Waals surface area contributed by atoms with Crippen LogP contribution in [0.4, 0.5) is 0 Å². The first-order chi connectivity index (χ1) is 8.85. The number of aryl methyl sites for hydroxylation is 2. The van der Waals surface area contributed by atoms with Crippen molar-refractivity contribution in [3.63, 3.8) is 0 Å². The summed E-state index contributed by atoms with van der Waals surface area (Å²) >= 11 is 5.37. The number of aromatic nitrogens is 1. The summed E-state index contributed by atoms with van der Waals surface area (Å²) in [5, 5.41) is 1.09. The highest BCUT2D eigenvalue weighted by Gasteiger charge is 2.32. The maximum absolute atomic E-state index is 5.98. The smallest absolute Gasteiger partial charge is 0.137 e. The first-order valence-electron chi connectivity index (χ1n) is 6.31. The van der Waals surface area contributed by atoms with Gasteiger partial charge in [-0.05, 0) is 61.3 Å². The molecule has 0 amide bonds. The minimum absolute atomic E-state index is 0.113. The van der Waals surface area contributed by atoms with E-state index in [1.165, 1.54) is 16.0 Å². The molecule has 0 saturated carbocycles. The number of nitrogens with zero attached hydrogens (tertiary/aromatic N) is 1. The molecule has 1 aromatic heterocycles. The zero-order valence-electron chi connectivity index (χ0n) is 11.5. The average Bonchev–Trinajstić information content (AvgIpc) is 2.79. The SMILES string of the molecule is Cc1nc(-c2cc(Br)c3c(c2)CC(C)(C)O3)sc1C. The molecule has 0 aliphatic carbocycles. The Morgan fingerprint density at radius 2 is 2.05 bits per heavy atom. The third-order valence-electron chi connectivity index (χ3n) is 3.39. The normalized spacial score (nSPS) is 16.3. The highest BCUT2D eigenvalue weighted by molar-refractivity contribution is 9.10. The third kappa shape index (κ3) is 2.32. The van der Waals surface area contributed by atoms with E-state index in [9.17, 15) is 0 Å². The van der Waals surface area contributed by atoms with Gasteiger partial charge in [0.05, 0.1) is 10.2 Å². The minimum Gasteiger partial charge on any atom is -0.486 e. The van der Waals surface area contributed by atoms with Gasteiger partial charge in [-0.3, -0.25) is 0 Å². The van der Waals surface area contributed by atoms with Crippen molar-refractivity contribution in [2.75, 3.05) is 0 Å². The number of rotatable bonds is 1. The van der Waals surface area contributed by atoms with Crippen molar-refractivity contribution in [1.29, 1.82) is 0 Å². The van der Waals surface area contributed by atoms with Crippen LogP contribution < -0.4 is 4.74 Å². The zero-order valence-corrected chi connectivity index (χ0v) is 13.9. The van der Waals surface area contributed by atoms with Gasteiger partial charge in [0, 0.05) is 16.9 Å². The lowest BCUT2D eigenvalue weighted by Crippen LogP contribution is -2.24. The van der Waals surface area contributed by atoms with Crippen LogP contribution in [0.2, 0.25) is 0 Å². The van der Waals surface area contributed by atoms with E-state index in [4.69, 9.17) is 4.74 Å². The Morgan fingerprint density at radius 3 is 2.68 bits per heavy atom. The Labute approximate surface area is 126 Å². The van der Waals surface area contributed by atoms with Crippen LogP contribution in [0.1, 0.15) is 30.0 Å². The van der Waals surface area contributed by atoms with Gasteiger partial charge in [-0.2, -0.15) is 0 Å². The number of thiazole rings is 1. The van der Waals surface area contributed by atoms with Gasteiger partial charge in [0.15, 0.2) is 0 Å². The number of fused-ring (bicyclic) bond motifs is 1. The van der Waals surface area contributed by atoms with E-state index < -0.39 is 0 Å². The molecular weight excluding hydrogens is 322 g/mol. The lowest BCUT2D eigenvalue weighted by molar-refractivity contribution is 0.137. The fraction of sp³-hybridized carbons (Fsp3) is 0.400. The summed E-state index contributed by atoms with van der Waals surface area (Å²) in [6.07, 6.45) is 0.943. The fourth-order valence-electron chi connectivity index (χ4n) is 2.39. The van der Waals surface area contributed by atoms with Crippen molar-refractivity contribution in [2.24, 2.45) is 0 Å². The first kappa shape index (κ1) is 13.1. The van der Waals surface area contributed by atoms with Crippen LogP contribution in [0, 0.1) is 13.8 Å². The van der Waals surface area contributed by atoms with Crippen LogP contribution in [-0.4, -0.2) is 10.6 Å². The molecule has 1 aromatic carbocycles. The molecule has 0 saturated heterocycles. The van der Waals surface area contributed by atoms with Gasteiger partial charge in [0.1, 0.15) is 16.4 Å². The molecule has 2 aromatic rings. The first-order valence-corrected chi connectivity index (χ1v) is 7.92. The van der Waals surface area contributed by atoms with Crippen LogP contribution in [0.5, 0.6) is 5.75 Å². The molecule has 0 radical (unpaired) electrons. The summed E-state index contributed by atoms with van der Waals surface area (Å²) in [6.45, 7) is 8.42. The highest BCUT2D eigenvalue weighted by Crippen LogP contribution is 2.43. The summed E-state index contributed by atoms with van der Waals surface area (Å²) in [5.74, 6) is 0.985. The van der Waals surface area contributed by atoms with Crippen LogP contribution in [-0.2, 0) is 6.42 Å². The second-order valence-corrected chi connectivity index (χ2v) is 7.70. The number of hydrogen-bond acceptors (Lipinski definition) is 3. The second kappa shape index (κ2) is 4.32. The second-order valence-electron chi connectivity index (χ2n) is 5.65. The van der Waals surface area contributed by atoms with Crippen LogP contribution in [0.15, 0.2) is 16.6 Å². The van der Waals surface area contributed by atoms with Crippen molar-refractivity contribution < 1.29 is 4.74 Å². The minimum atomic E-state index is -0.113. The maximum atomic E-state index is 5.98. The van der Waals surface area contributed by atoms with Gasteiger partial charge in [0.25, 0.3) is 0 Å². The molecule has 19 heavy (non-hydrogen) atoms. The van der Waals surface area contributed by atoms with Gasteiger partial charge in [-0.25, -0.2) is 4.98 Å². The Kier molecular flexibility index (Phi) is 2.98. The van der Waals surface area contributed by atoms with Gasteiger partial charge < -0.3 is 4.74 Å². The predicted octanol–water partition coefficient (Wildman–Crippen LogP) is 4.90. The van der Waals surface area contributed by atoms with Gasteiger partial charge in [0.2, 0.25) is 0 Å². The monoisotopic (exact) mass is 337 g/mol. The molecule has 0 unspecified atom stereocenters. The molecule has 0 N–H and O–H groups in total. The largest absolute Gasteiger partial charge is 0.486 e. The molecule has 0 bridgehead atoms. The van der Waals surface area contributed by atoms with Crippen LogP contribution in [0.3, 0.4) is 0 Å².